The first kappa shape index (κ1) is 14.8. The van der Waals surface area contributed by atoms with Gasteiger partial charge in [-0.15, -0.1) is 0 Å². The molecule has 2 aliphatic rings. The minimum atomic E-state index is -2.05. The first-order valence-corrected chi connectivity index (χ1v) is 6.33. The van der Waals surface area contributed by atoms with E-state index >= 15 is 0 Å². The minimum Gasteiger partial charge on any atom is -0.296 e. The topological polar surface area (TPSA) is 91.5 Å². The molecule has 2 atom stereocenters. The molecule has 0 radical (unpaired) electrons. The largest absolute Gasteiger partial charge is 0.296 e. The summed E-state index contributed by atoms with van der Waals surface area (Å²) in [6.07, 6.45) is 1.09. The van der Waals surface area contributed by atoms with Gasteiger partial charge in [0.05, 0.1) is 0 Å². The van der Waals surface area contributed by atoms with Crippen molar-refractivity contribution in [2.24, 2.45) is 15.0 Å². The fourth-order valence-corrected chi connectivity index (χ4v) is 2.79. The SMILES string of the molecule is CC(=O)N1C2=NC=NC2(C(C)=O)C(Cl)=NC1(Cl)C(C)=O. The molecule has 1 amide bonds. The van der Waals surface area contributed by atoms with Gasteiger partial charge in [0.1, 0.15) is 11.5 Å². The third-order valence-corrected chi connectivity index (χ3v) is 3.96. The van der Waals surface area contributed by atoms with Gasteiger partial charge in [-0.25, -0.2) is 15.0 Å². The van der Waals surface area contributed by atoms with Crippen LogP contribution in [0.2, 0.25) is 0 Å². The lowest BCUT2D eigenvalue weighted by Gasteiger charge is -2.42. The maximum absolute atomic E-state index is 11.9. The summed E-state index contributed by atoms with van der Waals surface area (Å²) in [7, 11) is 0. The molecule has 0 saturated heterocycles. The number of nitrogens with zero attached hydrogens (tertiary/aromatic N) is 4. The van der Waals surface area contributed by atoms with Gasteiger partial charge in [-0.2, -0.15) is 0 Å². The summed E-state index contributed by atoms with van der Waals surface area (Å²) in [5.74, 6) is -1.81. The zero-order chi connectivity index (χ0) is 15.3. The number of hydrogen-bond donors (Lipinski definition) is 0. The number of aliphatic imine (C=N–C) groups is 3. The monoisotopic (exact) mass is 316 g/mol. The van der Waals surface area contributed by atoms with Crippen molar-refractivity contribution >= 4 is 58.0 Å². The number of fused-ring (bicyclic) bond motifs is 1. The number of halogens is 2. The van der Waals surface area contributed by atoms with Crippen LogP contribution in [-0.4, -0.2) is 50.4 Å². The van der Waals surface area contributed by atoms with Crippen molar-refractivity contribution in [1.29, 1.82) is 0 Å². The van der Waals surface area contributed by atoms with E-state index in [0.29, 0.717) is 0 Å². The van der Waals surface area contributed by atoms with Crippen LogP contribution in [0.1, 0.15) is 20.8 Å². The van der Waals surface area contributed by atoms with Crippen LogP contribution in [0.25, 0.3) is 0 Å². The third-order valence-electron chi connectivity index (χ3n) is 3.08. The number of hydrogen-bond acceptors (Lipinski definition) is 6. The Bertz CT molecular complexity index is 627. The van der Waals surface area contributed by atoms with Crippen molar-refractivity contribution in [1.82, 2.24) is 4.90 Å². The lowest BCUT2D eigenvalue weighted by atomic mass is 9.92. The van der Waals surface area contributed by atoms with Gasteiger partial charge in [0.2, 0.25) is 11.4 Å². The van der Waals surface area contributed by atoms with Gasteiger partial charge >= 0.3 is 0 Å². The second-order valence-electron chi connectivity index (χ2n) is 4.36. The highest BCUT2D eigenvalue weighted by Gasteiger charge is 2.60. The van der Waals surface area contributed by atoms with E-state index in [9.17, 15) is 14.4 Å². The summed E-state index contributed by atoms with van der Waals surface area (Å²) in [6.45, 7) is 3.58. The van der Waals surface area contributed by atoms with Crippen LogP contribution in [0.3, 0.4) is 0 Å². The second-order valence-corrected chi connectivity index (χ2v) is 5.25. The Morgan fingerprint density at radius 1 is 1.20 bits per heavy atom. The average molecular weight is 317 g/mol. The molecule has 0 aliphatic carbocycles. The minimum absolute atomic E-state index is 0.109. The molecule has 0 saturated carbocycles. The number of amides is 1. The van der Waals surface area contributed by atoms with Crippen LogP contribution < -0.4 is 0 Å². The molecule has 7 nitrogen and oxygen atoms in total. The van der Waals surface area contributed by atoms with Crippen LogP contribution in [-0.2, 0) is 14.4 Å². The van der Waals surface area contributed by atoms with E-state index in [-0.39, 0.29) is 11.0 Å². The summed E-state index contributed by atoms with van der Waals surface area (Å²) >= 11 is 12.2. The van der Waals surface area contributed by atoms with Crippen LogP contribution in [0.15, 0.2) is 15.0 Å². The van der Waals surface area contributed by atoms with Crippen molar-refractivity contribution in [3.63, 3.8) is 0 Å². The van der Waals surface area contributed by atoms with Gasteiger partial charge in [0.15, 0.2) is 17.4 Å². The highest BCUT2D eigenvalue weighted by Crippen LogP contribution is 2.39. The van der Waals surface area contributed by atoms with E-state index < -0.39 is 28.1 Å². The first-order valence-electron chi connectivity index (χ1n) is 5.57. The highest BCUT2D eigenvalue weighted by molar-refractivity contribution is 6.74. The molecule has 0 bridgehead atoms. The predicted molar refractivity (Wildman–Crippen MR) is 74.4 cm³/mol. The molecule has 0 fully saturated rings. The van der Waals surface area contributed by atoms with E-state index in [1.54, 1.807) is 0 Å². The van der Waals surface area contributed by atoms with Gasteiger partial charge in [0, 0.05) is 13.8 Å². The molecule has 2 aliphatic heterocycles. The van der Waals surface area contributed by atoms with Crippen molar-refractivity contribution in [3.05, 3.63) is 0 Å². The van der Waals surface area contributed by atoms with E-state index in [1.807, 2.05) is 0 Å². The Balaban J connectivity index is 2.78. The van der Waals surface area contributed by atoms with E-state index in [0.717, 1.165) is 18.2 Å². The number of alkyl halides is 1. The highest BCUT2D eigenvalue weighted by atomic mass is 35.5. The molecule has 0 aromatic heterocycles. The molecule has 2 heterocycles. The molecular weight excluding hydrogens is 307 g/mol. The zero-order valence-corrected chi connectivity index (χ0v) is 12.4. The Labute approximate surface area is 124 Å². The van der Waals surface area contributed by atoms with Crippen LogP contribution in [0.5, 0.6) is 0 Å². The summed E-state index contributed by atoms with van der Waals surface area (Å²) in [5, 5.41) is -2.34. The number of rotatable bonds is 2. The summed E-state index contributed by atoms with van der Waals surface area (Å²) in [5.41, 5.74) is -1.69. The lowest BCUT2D eigenvalue weighted by molar-refractivity contribution is -0.135. The molecule has 0 spiro atoms. The number of amidine groups is 1. The molecule has 2 unspecified atom stereocenters. The van der Waals surface area contributed by atoms with Gasteiger partial charge < -0.3 is 0 Å². The van der Waals surface area contributed by atoms with Gasteiger partial charge in [-0.05, 0) is 6.92 Å². The van der Waals surface area contributed by atoms with E-state index in [2.05, 4.69) is 15.0 Å². The van der Waals surface area contributed by atoms with Crippen molar-refractivity contribution in [2.75, 3.05) is 0 Å². The Morgan fingerprint density at radius 2 is 1.80 bits per heavy atom. The number of carbonyl (C=O) groups excluding carboxylic acids is 3. The van der Waals surface area contributed by atoms with Crippen LogP contribution in [0.4, 0.5) is 0 Å². The molecule has 0 aromatic carbocycles. The predicted octanol–water partition coefficient (Wildman–Crippen LogP) is 0.736. The molecule has 9 heteroatoms. The molecule has 0 aromatic rings. The maximum Gasteiger partial charge on any atom is 0.277 e. The number of Topliss-reactive ketones (excluding diaryl/α,β-unsaturated/α-hetero) is 2. The second kappa shape index (κ2) is 4.46. The summed E-state index contributed by atoms with van der Waals surface area (Å²) in [6, 6.07) is 0. The number of ketones is 2. The normalized spacial score (nSPS) is 31.6. The van der Waals surface area contributed by atoms with Crippen molar-refractivity contribution in [3.8, 4) is 0 Å². The Morgan fingerprint density at radius 3 is 2.25 bits per heavy atom. The molecule has 2 rings (SSSR count). The van der Waals surface area contributed by atoms with Crippen molar-refractivity contribution < 1.29 is 14.4 Å². The Hall–Kier alpha value is -1.60. The fourth-order valence-electron chi connectivity index (χ4n) is 2.08. The van der Waals surface area contributed by atoms with Crippen LogP contribution in [0, 0.1) is 0 Å². The van der Waals surface area contributed by atoms with Crippen molar-refractivity contribution in [2.45, 2.75) is 31.4 Å². The molecule has 20 heavy (non-hydrogen) atoms. The average Bonchev–Trinajstić information content (AvgIpc) is 2.73. The zero-order valence-electron chi connectivity index (χ0n) is 10.8. The molecule has 0 N–H and O–H groups in total. The third kappa shape index (κ3) is 1.66. The smallest absolute Gasteiger partial charge is 0.277 e. The van der Waals surface area contributed by atoms with Crippen LogP contribution >= 0.6 is 23.2 Å². The maximum atomic E-state index is 11.9. The Kier molecular flexibility index (Phi) is 3.30. The van der Waals surface area contributed by atoms with E-state index in [1.165, 1.54) is 13.8 Å². The molecule has 106 valence electrons. The summed E-state index contributed by atoms with van der Waals surface area (Å²) in [4.78, 5) is 48.1. The summed E-state index contributed by atoms with van der Waals surface area (Å²) < 4.78 is 0. The lowest BCUT2D eigenvalue weighted by Crippen LogP contribution is -2.66. The quantitative estimate of drug-likeness (QED) is 0.555. The van der Waals surface area contributed by atoms with E-state index in [4.69, 9.17) is 23.2 Å². The fraction of sp³-hybridized carbons (Fsp3) is 0.455. The van der Waals surface area contributed by atoms with Gasteiger partial charge in [0.25, 0.3) is 5.12 Å². The van der Waals surface area contributed by atoms with Gasteiger partial charge in [-0.1, -0.05) is 23.2 Å². The van der Waals surface area contributed by atoms with Gasteiger partial charge in [-0.3, -0.25) is 19.3 Å². The standard InChI is InChI=1S/C11H10Cl2N4O3/c1-5(18)10-8(12)16-11(13,6(2)19)17(7(3)20)9(10)14-4-15-10/h4H,1-3H3. The first-order chi connectivity index (χ1) is 9.18. The number of carbonyl (C=O) groups is 3. The molecular formula is C11H10Cl2N4O3.